The zero-order chi connectivity index (χ0) is 24.4. The highest BCUT2D eigenvalue weighted by atomic mass is 32.1. The second-order valence-electron chi connectivity index (χ2n) is 6.82. The number of amides is 2. The van der Waals surface area contributed by atoms with Crippen molar-refractivity contribution >= 4 is 34.7 Å². The van der Waals surface area contributed by atoms with Gasteiger partial charge in [-0.1, -0.05) is 11.3 Å². The largest absolute Gasteiger partial charge is 0.416 e. The van der Waals surface area contributed by atoms with Crippen LogP contribution in [0.5, 0.6) is 0 Å². The molecule has 0 aliphatic heterocycles. The normalized spacial score (nSPS) is 11.4. The SMILES string of the molecule is CNC(=O)c1nnc(CCCCC(=N)/C=C\C(=N)NC(=O)Cc2cc(C(F)(F)F)ccn2)s1. The zero-order valence-electron chi connectivity index (χ0n) is 17.6. The lowest BCUT2D eigenvalue weighted by Crippen LogP contribution is -2.30. The van der Waals surface area contributed by atoms with E-state index in [0.29, 0.717) is 24.3 Å². The summed E-state index contributed by atoms with van der Waals surface area (Å²) in [6.45, 7) is 0. The van der Waals surface area contributed by atoms with E-state index in [0.717, 1.165) is 29.8 Å². The number of alkyl halides is 3. The number of allylic oxidation sites excluding steroid dienone is 1. The molecule has 0 aliphatic rings. The molecule has 2 aromatic rings. The van der Waals surface area contributed by atoms with E-state index in [4.69, 9.17) is 10.8 Å². The quantitative estimate of drug-likeness (QED) is 0.234. The number of amidine groups is 1. The van der Waals surface area contributed by atoms with Crippen LogP contribution >= 0.6 is 11.3 Å². The molecule has 9 nitrogen and oxygen atoms in total. The maximum absolute atomic E-state index is 12.7. The van der Waals surface area contributed by atoms with Crippen molar-refractivity contribution in [1.29, 1.82) is 10.8 Å². The average Bonchev–Trinajstić information content (AvgIpc) is 3.23. The summed E-state index contributed by atoms with van der Waals surface area (Å²) in [6, 6.07) is 1.60. The number of carbonyl (C=O) groups excluding carboxylic acids is 2. The fraction of sp³-hybridized carbons (Fsp3) is 0.350. The molecule has 33 heavy (non-hydrogen) atoms. The number of aryl methyl sites for hydroxylation is 1. The van der Waals surface area contributed by atoms with Crippen molar-refractivity contribution in [3.8, 4) is 0 Å². The van der Waals surface area contributed by atoms with Crippen LogP contribution < -0.4 is 10.6 Å². The Hall–Kier alpha value is -3.48. The van der Waals surface area contributed by atoms with Gasteiger partial charge in [0, 0.05) is 25.4 Å². The molecule has 0 atom stereocenters. The van der Waals surface area contributed by atoms with Crippen LogP contribution in [0.2, 0.25) is 0 Å². The second kappa shape index (κ2) is 11.9. The van der Waals surface area contributed by atoms with Gasteiger partial charge in [-0.05, 0) is 43.5 Å². The standard InChI is InChI=1S/C20H22F3N7O2S/c1-26-18(32)19-30-29-17(33-19)5-3-2-4-13(24)6-7-15(25)28-16(31)11-14-10-12(8-9-27-14)20(21,22)23/h6-10,24H,2-5,11H2,1H3,(H,26,32)(H2,25,28,31)/b7-6-,24-13?. The highest BCUT2D eigenvalue weighted by Crippen LogP contribution is 2.29. The zero-order valence-corrected chi connectivity index (χ0v) is 18.4. The van der Waals surface area contributed by atoms with E-state index in [1.807, 2.05) is 0 Å². The molecule has 0 radical (unpaired) electrons. The lowest BCUT2D eigenvalue weighted by Gasteiger charge is -2.08. The minimum absolute atomic E-state index is 0.0651. The molecule has 4 N–H and O–H groups in total. The van der Waals surface area contributed by atoms with Crippen LogP contribution in [0.15, 0.2) is 30.5 Å². The molecule has 2 amide bonds. The number of carbonyl (C=O) groups is 2. The molecule has 2 aromatic heterocycles. The van der Waals surface area contributed by atoms with Gasteiger partial charge in [0.05, 0.1) is 17.7 Å². The first-order chi connectivity index (χ1) is 15.6. The molecule has 2 rings (SSSR count). The number of hydrogen-bond acceptors (Lipinski definition) is 8. The van der Waals surface area contributed by atoms with Gasteiger partial charge in [0.2, 0.25) is 10.9 Å². The molecule has 0 spiro atoms. The number of nitrogens with zero attached hydrogens (tertiary/aromatic N) is 3. The number of nitrogens with one attached hydrogen (secondary N) is 4. The van der Waals surface area contributed by atoms with Crippen LogP contribution in [-0.2, 0) is 23.8 Å². The maximum Gasteiger partial charge on any atom is 0.416 e. The number of unbranched alkanes of at least 4 members (excludes halogenated alkanes) is 1. The molecule has 0 saturated heterocycles. The van der Waals surface area contributed by atoms with Crippen molar-refractivity contribution in [2.45, 2.75) is 38.3 Å². The molecule has 2 heterocycles. The number of rotatable bonds is 10. The van der Waals surface area contributed by atoms with Crippen LogP contribution in [0.25, 0.3) is 0 Å². The lowest BCUT2D eigenvalue weighted by molar-refractivity contribution is -0.137. The average molecular weight is 482 g/mol. The van der Waals surface area contributed by atoms with Crippen molar-refractivity contribution in [2.24, 2.45) is 0 Å². The smallest absolute Gasteiger partial charge is 0.353 e. The Bertz CT molecular complexity index is 1050. The summed E-state index contributed by atoms with van der Waals surface area (Å²) < 4.78 is 38.2. The van der Waals surface area contributed by atoms with Crippen LogP contribution in [0.4, 0.5) is 13.2 Å². The number of hydrogen-bond donors (Lipinski definition) is 4. The van der Waals surface area contributed by atoms with E-state index in [1.54, 1.807) is 0 Å². The molecule has 0 aliphatic carbocycles. The summed E-state index contributed by atoms with van der Waals surface area (Å²) in [4.78, 5) is 27.1. The topological polar surface area (TPSA) is 145 Å². The van der Waals surface area contributed by atoms with E-state index in [1.165, 1.54) is 30.5 Å². The number of pyridine rings is 1. The number of aromatic nitrogens is 3. The van der Waals surface area contributed by atoms with E-state index in [2.05, 4.69) is 25.8 Å². The van der Waals surface area contributed by atoms with E-state index < -0.39 is 24.1 Å². The maximum atomic E-state index is 12.7. The van der Waals surface area contributed by atoms with E-state index >= 15 is 0 Å². The molecule has 0 unspecified atom stereocenters. The van der Waals surface area contributed by atoms with Gasteiger partial charge in [-0.15, -0.1) is 10.2 Å². The molecule has 0 bridgehead atoms. The minimum Gasteiger partial charge on any atom is -0.353 e. The second-order valence-corrected chi connectivity index (χ2v) is 7.88. The van der Waals surface area contributed by atoms with Gasteiger partial charge in [0.1, 0.15) is 10.8 Å². The molecule has 0 aromatic carbocycles. The highest BCUT2D eigenvalue weighted by molar-refractivity contribution is 7.13. The Morgan fingerprint density at radius 1 is 1.18 bits per heavy atom. The van der Waals surface area contributed by atoms with Crippen molar-refractivity contribution in [3.05, 3.63) is 51.8 Å². The molecular formula is C20H22F3N7O2S. The first-order valence-electron chi connectivity index (χ1n) is 9.79. The molecule has 0 saturated carbocycles. The number of halogens is 3. The van der Waals surface area contributed by atoms with Gasteiger partial charge in [-0.2, -0.15) is 13.2 Å². The van der Waals surface area contributed by atoms with E-state index in [9.17, 15) is 22.8 Å². The van der Waals surface area contributed by atoms with Crippen LogP contribution in [-0.4, -0.2) is 45.6 Å². The summed E-state index contributed by atoms with van der Waals surface area (Å²) in [5.74, 6) is -1.25. The highest BCUT2D eigenvalue weighted by Gasteiger charge is 2.30. The Balaban J connectivity index is 1.70. The molecule has 0 fully saturated rings. The minimum atomic E-state index is -4.53. The summed E-state index contributed by atoms with van der Waals surface area (Å²) in [5, 5.41) is 29.1. The van der Waals surface area contributed by atoms with Crippen molar-refractivity contribution in [1.82, 2.24) is 25.8 Å². The molecule has 176 valence electrons. The van der Waals surface area contributed by atoms with Crippen LogP contribution in [0, 0.1) is 10.8 Å². The first kappa shape index (κ1) is 25.8. The van der Waals surface area contributed by atoms with Gasteiger partial charge >= 0.3 is 6.18 Å². The van der Waals surface area contributed by atoms with Crippen molar-refractivity contribution in [2.75, 3.05) is 7.05 Å². The van der Waals surface area contributed by atoms with Crippen molar-refractivity contribution < 1.29 is 22.8 Å². The predicted octanol–water partition coefficient (Wildman–Crippen LogP) is 2.94. The Morgan fingerprint density at radius 2 is 1.94 bits per heavy atom. The van der Waals surface area contributed by atoms with Gasteiger partial charge in [0.15, 0.2) is 0 Å². The summed E-state index contributed by atoms with van der Waals surface area (Å²) in [6.07, 6.45) is 1.12. The van der Waals surface area contributed by atoms with Gasteiger partial charge in [0.25, 0.3) is 5.91 Å². The van der Waals surface area contributed by atoms with Gasteiger partial charge in [-0.25, -0.2) is 0 Å². The van der Waals surface area contributed by atoms with Crippen molar-refractivity contribution in [3.63, 3.8) is 0 Å². The third-order valence-corrected chi connectivity index (χ3v) is 5.17. The third kappa shape index (κ3) is 8.88. The van der Waals surface area contributed by atoms with Crippen LogP contribution in [0.3, 0.4) is 0 Å². The molecular weight excluding hydrogens is 459 g/mol. The lowest BCUT2D eigenvalue weighted by atomic mass is 10.1. The Kier molecular flexibility index (Phi) is 9.33. The third-order valence-electron chi connectivity index (χ3n) is 4.19. The van der Waals surface area contributed by atoms with Crippen LogP contribution in [0.1, 0.15) is 45.3 Å². The Labute approximate surface area is 191 Å². The summed E-state index contributed by atoms with van der Waals surface area (Å²) in [5.41, 5.74) is -0.719. The van der Waals surface area contributed by atoms with Gasteiger partial charge in [-0.3, -0.25) is 20.0 Å². The Morgan fingerprint density at radius 3 is 2.64 bits per heavy atom. The summed E-state index contributed by atoms with van der Waals surface area (Å²) >= 11 is 1.22. The monoisotopic (exact) mass is 481 g/mol. The van der Waals surface area contributed by atoms with Gasteiger partial charge < -0.3 is 16.0 Å². The van der Waals surface area contributed by atoms with E-state index in [-0.39, 0.29) is 23.1 Å². The molecule has 13 heteroatoms. The predicted molar refractivity (Wildman–Crippen MR) is 117 cm³/mol. The summed E-state index contributed by atoms with van der Waals surface area (Å²) in [7, 11) is 1.52. The first-order valence-corrected chi connectivity index (χ1v) is 10.6. The fourth-order valence-corrected chi connectivity index (χ4v) is 3.39. The fourth-order valence-electron chi connectivity index (χ4n) is 2.56.